The fourth-order valence-electron chi connectivity index (χ4n) is 2.60. The van der Waals surface area contributed by atoms with Crippen molar-refractivity contribution in [3.63, 3.8) is 0 Å². The van der Waals surface area contributed by atoms with Crippen LogP contribution >= 0.6 is 0 Å². The molecule has 0 bridgehead atoms. The molecular formula is C12H23N. The number of fused-ring (bicyclic) bond motifs is 1. The topological polar surface area (TPSA) is 3.24 Å². The van der Waals surface area contributed by atoms with E-state index in [9.17, 15) is 0 Å². The van der Waals surface area contributed by atoms with Gasteiger partial charge in [-0.2, -0.15) is 0 Å². The largest absolute Gasteiger partial charge is 0.303 e. The molecule has 2 atom stereocenters. The number of likely N-dealkylation sites (tertiary alicyclic amines) is 1. The van der Waals surface area contributed by atoms with Crippen molar-refractivity contribution in [1.82, 2.24) is 4.90 Å². The van der Waals surface area contributed by atoms with E-state index >= 15 is 0 Å². The first-order valence-electron chi connectivity index (χ1n) is 5.61. The van der Waals surface area contributed by atoms with Gasteiger partial charge in [-0.1, -0.05) is 32.9 Å². The highest BCUT2D eigenvalue weighted by Gasteiger charge is 2.55. The maximum atomic E-state index is 4.03. The zero-order valence-electron chi connectivity index (χ0n) is 9.51. The van der Waals surface area contributed by atoms with E-state index in [0.29, 0.717) is 0 Å². The van der Waals surface area contributed by atoms with Gasteiger partial charge in [0.25, 0.3) is 0 Å². The van der Waals surface area contributed by atoms with Crippen LogP contribution in [0, 0.1) is 17.8 Å². The maximum Gasteiger partial charge on any atom is 0.00189 e. The van der Waals surface area contributed by atoms with Crippen LogP contribution in [0.25, 0.3) is 0 Å². The van der Waals surface area contributed by atoms with Crippen molar-refractivity contribution in [2.24, 2.45) is 17.8 Å². The smallest absolute Gasteiger partial charge is 0.00189 e. The molecule has 0 N–H and O–H groups in total. The molecule has 0 amide bonds. The first kappa shape index (κ1) is 10.8. The third kappa shape index (κ3) is 1.96. The molecule has 1 nitrogen and oxygen atoms in total. The van der Waals surface area contributed by atoms with Crippen LogP contribution in [0.1, 0.15) is 27.7 Å². The molecule has 2 fully saturated rings. The van der Waals surface area contributed by atoms with Gasteiger partial charge in [0.1, 0.15) is 0 Å². The van der Waals surface area contributed by atoms with E-state index in [1.165, 1.54) is 25.2 Å². The Kier molecular flexibility index (Phi) is 3.55. The number of hydrogen-bond donors (Lipinski definition) is 0. The van der Waals surface area contributed by atoms with Crippen LogP contribution in [0.3, 0.4) is 0 Å². The highest BCUT2D eigenvalue weighted by atomic mass is 15.2. The highest BCUT2D eigenvalue weighted by molar-refractivity contribution is 5.18. The maximum absolute atomic E-state index is 4.03. The summed E-state index contributed by atoms with van der Waals surface area (Å²) < 4.78 is 0. The fourth-order valence-corrected chi connectivity index (χ4v) is 2.60. The van der Waals surface area contributed by atoms with E-state index in [-0.39, 0.29) is 0 Å². The number of piperidine rings is 1. The van der Waals surface area contributed by atoms with Gasteiger partial charge in [-0.05, 0) is 31.2 Å². The van der Waals surface area contributed by atoms with E-state index < -0.39 is 0 Å². The van der Waals surface area contributed by atoms with Crippen molar-refractivity contribution in [2.75, 3.05) is 19.6 Å². The Morgan fingerprint density at radius 1 is 1.31 bits per heavy atom. The van der Waals surface area contributed by atoms with Crippen LogP contribution < -0.4 is 0 Å². The van der Waals surface area contributed by atoms with E-state index in [4.69, 9.17) is 0 Å². The Balaban J connectivity index is 0.000000396. The monoisotopic (exact) mass is 181 g/mol. The van der Waals surface area contributed by atoms with Gasteiger partial charge < -0.3 is 4.90 Å². The normalized spacial score (nSPS) is 36.2. The summed E-state index contributed by atoms with van der Waals surface area (Å²) in [6.45, 7) is 16.4. The van der Waals surface area contributed by atoms with Crippen LogP contribution in [-0.4, -0.2) is 24.5 Å². The Bertz CT molecular complexity index is 174. The summed E-state index contributed by atoms with van der Waals surface area (Å²) in [5, 5.41) is 0. The first-order valence-corrected chi connectivity index (χ1v) is 5.61. The SMILES string of the molecule is C=C(C)C1C2CN(CC)CC21.CC. The van der Waals surface area contributed by atoms with Gasteiger partial charge in [0.05, 0.1) is 0 Å². The number of nitrogens with zero attached hydrogens (tertiary/aromatic N) is 1. The lowest BCUT2D eigenvalue weighted by molar-refractivity contribution is 0.307. The minimum absolute atomic E-state index is 0.887. The average Bonchev–Trinajstić information content (AvgIpc) is 2.67. The van der Waals surface area contributed by atoms with Gasteiger partial charge in [-0.3, -0.25) is 0 Å². The highest BCUT2D eigenvalue weighted by Crippen LogP contribution is 2.54. The van der Waals surface area contributed by atoms with Crippen molar-refractivity contribution in [3.8, 4) is 0 Å². The molecule has 1 aliphatic heterocycles. The second-order valence-electron chi connectivity index (χ2n) is 4.05. The standard InChI is InChI=1S/C10H17N.C2H6/c1-4-11-5-8-9(6-11)10(8)7(2)3;1-2/h8-10H,2,4-6H2,1,3H3;1-2H3. The Morgan fingerprint density at radius 2 is 1.77 bits per heavy atom. The molecule has 0 aromatic heterocycles. The summed E-state index contributed by atoms with van der Waals surface area (Å²) >= 11 is 0. The fraction of sp³-hybridized carbons (Fsp3) is 0.833. The Hall–Kier alpha value is -0.300. The average molecular weight is 181 g/mol. The second-order valence-corrected chi connectivity index (χ2v) is 4.05. The molecule has 0 spiro atoms. The minimum Gasteiger partial charge on any atom is -0.303 e. The molecule has 0 radical (unpaired) electrons. The lowest BCUT2D eigenvalue weighted by Gasteiger charge is -2.16. The summed E-state index contributed by atoms with van der Waals surface area (Å²) in [7, 11) is 0. The minimum atomic E-state index is 0.887. The van der Waals surface area contributed by atoms with Crippen molar-refractivity contribution in [1.29, 1.82) is 0 Å². The molecule has 1 heterocycles. The quantitative estimate of drug-likeness (QED) is 0.592. The third-order valence-corrected chi connectivity index (χ3v) is 3.29. The molecule has 1 saturated carbocycles. The van der Waals surface area contributed by atoms with Crippen LogP contribution in [0.5, 0.6) is 0 Å². The summed E-state index contributed by atoms with van der Waals surface area (Å²) in [5.41, 5.74) is 1.41. The first-order chi connectivity index (χ1) is 6.24. The van der Waals surface area contributed by atoms with E-state index in [2.05, 4.69) is 25.3 Å². The molecule has 2 unspecified atom stereocenters. The third-order valence-electron chi connectivity index (χ3n) is 3.29. The number of hydrogen-bond acceptors (Lipinski definition) is 1. The van der Waals surface area contributed by atoms with Gasteiger partial charge in [-0.15, -0.1) is 0 Å². The van der Waals surface area contributed by atoms with E-state index in [1.807, 2.05) is 13.8 Å². The number of rotatable bonds is 2. The van der Waals surface area contributed by atoms with Crippen LogP contribution in [0.15, 0.2) is 12.2 Å². The zero-order chi connectivity index (χ0) is 10.0. The van der Waals surface area contributed by atoms with Gasteiger partial charge >= 0.3 is 0 Å². The van der Waals surface area contributed by atoms with Gasteiger partial charge in [0.2, 0.25) is 0 Å². The van der Waals surface area contributed by atoms with Crippen molar-refractivity contribution >= 4 is 0 Å². The summed E-state index contributed by atoms with van der Waals surface area (Å²) in [5.74, 6) is 2.85. The molecule has 1 saturated heterocycles. The van der Waals surface area contributed by atoms with Gasteiger partial charge in [0, 0.05) is 13.1 Å². The van der Waals surface area contributed by atoms with E-state index in [0.717, 1.165) is 17.8 Å². The molecule has 1 aliphatic carbocycles. The Morgan fingerprint density at radius 3 is 2.08 bits per heavy atom. The predicted molar refractivity (Wildman–Crippen MR) is 58.7 cm³/mol. The molecule has 2 rings (SSSR count). The van der Waals surface area contributed by atoms with Crippen molar-refractivity contribution in [3.05, 3.63) is 12.2 Å². The molecule has 13 heavy (non-hydrogen) atoms. The van der Waals surface area contributed by atoms with Crippen LogP contribution in [-0.2, 0) is 0 Å². The van der Waals surface area contributed by atoms with Gasteiger partial charge in [-0.25, -0.2) is 0 Å². The van der Waals surface area contributed by atoms with Gasteiger partial charge in [0.15, 0.2) is 0 Å². The Labute approximate surface area is 82.8 Å². The number of allylic oxidation sites excluding steroid dienone is 1. The molecule has 0 aromatic rings. The lowest BCUT2D eigenvalue weighted by atomic mass is 10.1. The van der Waals surface area contributed by atoms with Crippen molar-refractivity contribution in [2.45, 2.75) is 27.7 Å². The molecular weight excluding hydrogens is 158 g/mol. The molecule has 2 aliphatic rings. The van der Waals surface area contributed by atoms with Crippen LogP contribution in [0.4, 0.5) is 0 Å². The summed E-state index contributed by atoms with van der Waals surface area (Å²) in [6.07, 6.45) is 0. The van der Waals surface area contributed by atoms with Crippen molar-refractivity contribution < 1.29 is 0 Å². The summed E-state index contributed by atoms with van der Waals surface area (Å²) in [6, 6.07) is 0. The zero-order valence-corrected chi connectivity index (χ0v) is 9.51. The second kappa shape index (κ2) is 4.28. The summed E-state index contributed by atoms with van der Waals surface area (Å²) in [4.78, 5) is 2.55. The molecule has 1 heteroatoms. The molecule has 0 aromatic carbocycles. The molecule has 76 valence electrons. The predicted octanol–water partition coefficient (Wildman–Crippen LogP) is 2.79. The van der Waals surface area contributed by atoms with Crippen LogP contribution in [0.2, 0.25) is 0 Å². The lowest BCUT2D eigenvalue weighted by Crippen LogP contribution is -2.24. The van der Waals surface area contributed by atoms with E-state index in [1.54, 1.807) is 0 Å².